The third kappa shape index (κ3) is 3.58. The third-order valence-electron chi connectivity index (χ3n) is 4.74. The van der Waals surface area contributed by atoms with Crippen LogP contribution in [0.4, 0.5) is 0 Å². The van der Waals surface area contributed by atoms with Crippen LogP contribution in [-0.4, -0.2) is 23.6 Å². The van der Waals surface area contributed by atoms with E-state index in [-0.39, 0.29) is 17.9 Å². The van der Waals surface area contributed by atoms with Crippen molar-refractivity contribution in [1.29, 1.82) is 0 Å². The lowest BCUT2D eigenvalue weighted by Gasteiger charge is -2.34. The molecule has 1 aromatic rings. The van der Waals surface area contributed by atoms with Crippen LogP contribution in [0.15, 0.2) is 34.5 Å². The Labute approximate surface area is 163 Å². The van der Waals surface area contributed by atoms with Crippen molar-refractivity contribution >= 4 is 40.7 Å². The molecule has 0 aromatic heterocycles. The molecule has 1 heterocycles. The maximum absolute atomic E-state index is 12.8. The van der Waals surface area contributed by atoms with Gasteiger partial charge in [0.05, 0.1) is 16.1 Å². The molecule has 138 valence electrons. The minimum Gasteiger partial charge on any atom is -0.462 e. The number of hydrogen-bond donors (Lipinski definition) is 0. The minimum absolute atomic E-state index is 0.0425. The third-order valence-corrected chi connectivity index (χ3v) is 5.48. The van der Waals surface area contributed by atoms with E-state index in [4.69, 9.17) is 27.9 Å². The molecule has 0 fully saturated rings. The molecular formula is C20H21Cl2NO3. The van der Waals surface area contributed by atoms with Crippen molar-refractivity contribution in [2.75, 3.05) is 0 Å². The van der Waals surface area contributed by atoms with Gasteiger partial charge in [0.1, 0.15) is 5.92 Å². The van der Waals surface area contributed by atoms with Crippen molar-refractivity contribution in [3.05, 3.63) is 45.1 Å². The van der Waals surface area contributed by atoms with Crippen LogP contribution in [0.25, 0.3) is 0 Å². The summed E-state index contributed by atoms with van der Waals surface area (Å²) in [5.74, 6) is -1.42. The van der Waals surface area contributed by atoms with E-state index in [0.717, 1.165) is 24.1 Å². The van der Waals surface area contributed by atoms with E-state index in [1.54, 1.807) is 26.0 Å². The Balaban J connectivity index is 2.15. The van der Waals surface area contributed by atoms with Gasteiger partial charge >= 0.3 is 5.97 Å². The van der Waals surface area contributed by atoms with Crippen molar-refractivity contribution in [2.45, 2.75) is 52.1 Å². The zero-order valence-corrected chi connectivity index (χ0v) is 16.5. The Morgan fingerprint density at radius 1 is 1.23 bits per heavy atom. The summed E-state index contributed by atoms with van der Waals surface area (Å²) in [7, 11) is 0. The highest BCUT2D eigenvalue weighted by Crippen LogP contribution is 2.44. The molecular weight excluding hydrogens is 373 g/mol. The number of benzene rings is 1. The second kappa shape index (κ2) is 7.53. The van der Waals surface area contributed by atoms with E-state index in [1.165, 1.54) is 0 Å². The van der Waals surface area contributed by atoms with Crippen LogP contribution in [0.3, 0.4) is 0 Å². The highest BCUT2D eigenvalue weighted by Gasteiger charge is 2.43. The molecule has 1 aliphatic carbocycles. The van der Waals surface area contributed by atoms with E-state index in [9.17, 15) is 9.59 Å². The highest BCUT2D eigenvalue weighted by molar-refractivity contribution is 6.42. The van der Waals surface area contributed by atoms with Crippen molar-refractivity contribution in [1.82, 2.24) is 0 Å². The summed E-state index contributed by atoms with van der Waals surface area (Å²) in [6.07, 6.45) is 1.74. The average Bonchev–Trinajstić information content (AvgIpc) is 2.55. The fourth-order valence-electron chi connectivity index (χ4n) is 3.68. The Morgan fingerprint density at radius 3 is 2.62 bits per heavy atom. The van der Waals surface area contributed by atoms with Gasteiger partial charge in [-0.25, -0.2) is 0 Å². The second-order valence-electron chi connectivity index (χ2n) is 7.00. The molecule has 4 nitrogen and oxygen atoms in total. The number of ketones is 1. The monoisotopic (exact) mass is 393 g/mol. The second-order valence-corrected chi connectivity index (χ2v) is 7.82. The van der Waals surface area contributed by atoms with Gasteiger partial charge in [0.2, 0.25) is 0 Å². The van der Waals surface area contributed by atoms with Crippen LogP contribution in [0, 0.1) is 5.92 Å². The summed E-state index contributed by atoms with van der Waals surface area (Å²) in [6.45, 7) is 5.43. The number of carbonyl (C=O) groups is 2. The molecule has 0 saturated carbocycles. The summed E-state index contributed by atoms with van der Waals surface area (Å²) in [4.78, 5) is 30.2. The summed E-state index contributed by atoms with van der Waals surface area (Å²) in [5, 5.41) is 0.827. The van der Waals surface area contributed by atoms with Gasteiger partial charge in [-0.2, -0.15) is 0 Å². The van der Waals surface area contributed by atoms with Gasteiger partial charge in [-0.1, -0.05) is 29.3 Å². The quantitative estimate of drug-likeness (QED) is 0.668. The molecule has 1 unspecified atom stereocenters. The topological polar surface area (TPSA) is 55.7 Å². The molecule has 0 radical (unpaired) electrons. The zero-order chi connectivity index (χ0) is 19.0. The lowest BCUT2D eigenvalue weighted by atomic mass is 9.72. The molecule has 0 saturated heterocycles. The van der Waals surface area contributed by atoms with E-state index in [0.29, 0.717) is 27.8 Å². The van der Waals surface area contributed by atoms with Crippen LogP contribution in [0.1, 0.15) is 51.5 Å². The first kappa shape index (κ1) is 19.1. The number of nitrogens with zero attached hydrogens (tertiary/aromatic N) is 1. The van der Waals surface area contributed by atoms with Gasteiger partial charge in [-0.05, 0) is 51.3 Å². The fourth-order valence-corrected chi connectivity index (χ4v) is 3.99. The maximum Gasteiger partial charge on any atom is 0.315 e. The standard InChI is InChI=1S/C20H21Cl2NO3/c1-10(2)26-20(25)17-11(3)23-15-5-4-6-16(24)19(15)18(17)12-7-8-13(21)14(22)9-12/h7-10,17-18H,4-6H2,1-3H3/t17?,18-/m1/s1. The number of ether oxygens (including phenoxy) is 1. The summed E-state index contributed by atoms with van der Waals surface area (Å²) in [5.41, 5.74) is 2.84. The number of esters is 1. The number of rotatable bonds is 3. The number of allylic oxidation sites excluding steroid dienone is 2. The molecule has 0 N–H and O–H groups in total. The van der Waals surface area contributed by atoms with Crippen LogP contribution in [0.2, 0.25) is 10.0 Å². The average molecular weight is 394 g/mol. The van der Waals surface area contributed by atoms with E-state index in [2.05, 4.69) is 4.99 Å². The highest BCUT2D eigenvalue weighted by atomic mass is 35.5. The first-order valence-electron chi connectivity index (χ1n) is 8.76. The van der Waals surface area contributed by atoms with Gasteiger partial charge in [-0.3, -0.25) is 14.6 Å². The van der Waals surface area contributed by atoms with Crippen molar-refractivity contribution in [2.24, 2.45) is 10.9 Å². The maximum atomic E-state index is 12.8. The predicted octanol–water partition coefficient (Wildman–Crippen LogP) is 5.13. The lowest BCUT2D eigenvalue weighted by molar-refractivity contribution is -0.150. The Hall–Kier alpha value is -1.65. The number of carbonyl (C=O) groups excluding carboxylic acids is 2. The van der Waals surface area contributed by atoms with E-state index < -0.39 is 11.8 Å². The lowest BCUT2D eigenvalue weighted by Crippen LogP contribution is -2.38. The SMILES string of the molecule is CC1=NC2=C(C(=O)CCC2)[C@H](c2ccc(Cl)c(Cl)c2)C1C(=O)OC(C)C. The van der Waals surface area contributed by atoms with Gasteiger partial charge < -0.3 is 4.74 Å². The predicted molar refractivity (Wildman–Crippen MR) is 103 cm³/mol. The van der Waals surface area contributed by atoms with E-state index >= 15 is 0 Å². The molecule has 26 heavy (non-hydrogen) atoms. The number of aliphatic imine (C=N–C) groups is 1. The molecule has 3 rings (SSSR count). The van der Waals surface area contributed by atoms with Gasteiger partial charge in [0.25, 0.3) is 0 Å². The zero-order valence-electron chi connectivity index (χ0n) is 15.0. The van der Waals surface area contributed by atoms with Gasteiger partial charge in [-0.15, -0.1) is 0 Å². The molecule has 2 atom stereocenters. The minimum atomic E-state index is -0.643. The van der Waals surface area contributed by atoms with Crippen LogP contribution >= 0.6 is 23.2 Å². The fraction of sp³-hybridized carbons (Fsp3) is 0.450. The van der Waals surface area contributed by atoms with E-state index in [1.807, 2.05) is 13.0 Å². The molecule has 2 aliphatic rings. The van der Waals surface area contributed by atoms with Crippen molar-refractivity contribution in [3.8, 4) is 0 Å². The largest absolute Gasteiger partial charge is 0.462 e. The molecule has 0 amide bonds. The van der Waals surface area contributed by atoms with Crippen molar-refractivity contribution < 1.29 is 14.3 Å². The Bertz CT molecular complexity index is 826. The van der Waals surface area contributed by atoms with Crippen molar-refractivity contribution in [3.63, 3.8) is 0 Å². The normalized spacial score (nSPS) is 23.0. The molecule has 0 spiro atoms. The number of Topliss-reactive ketones (excluding diaryl/α,β-unsaturated/α-hetero) is 1. The van der Waals surface area contributed by atoms with Gasteiger partial charge in [0.15, 0.2) is 5.78 Å². The number of hydrogen-bond acceptors (Lipinski definition) is 4. The smallest absolute Gasteiger partial charge is 0.315 e. The summed E-state index contributed by atoms with van der Waals surface area (Å²) >= 11 is 12.3. The summed E-state index contributed by atoms with van der Waals surface area (Å²) < 4.78 is 5.47. The molecule has 1 aromatic carbocycles. The Kier molecular flexibility index (Phi) is 5.54. The van der Waals surface area contributed by atoms with Crippen LogP contribution in [-0.2, 0) is 14.3 Å². The molecule has 6 heteroatoms. The first-order valence-corrected chi connectivity index (χ1v) is 9.52. The molecule has 0 bridgehead atoms. The number of halogens is 2. The van der Waals surface area contributed by atoms with Gasteiger partial charge in [0, 0.05) is 29.3 Å². The molecule has 1 aliphatic heterocycles. The summed E-state index contributed by atoms with van der Waals surface area (Å²) in [6, 6.07) is 5.24. The first-order chi connectivity index (χ1) is 12.3. The van der Waals surface area contributed by atoms with Crippen LogP contribution < -0.4 is 0 Å². The van der Waals surface area contributed by atoms with Crippen LogP contribution in [0.5, 0.6) is 0 Å². The Morgan fingerprint density at radius 2 is 1.96 bits per heavy atom.